The fourth-order valence-electron chi connectivity index (χ4n) is 1.68. The van der Waals surface area contributed by atoms with Gasteiger partial charge in [-0.25, -0.2) is 13.1 Å². The number of nitrogens with one attached hydrogen (secondary N) is 1. The fraction of sp³-hybridized carbons (Fsp3) is 0.143. The Morgan fingerprint density at radius 1 is 1.15 bits per heavy atom. The van der Waals surface area contributed by atoms with Crippen LogP contribution in [0, 0.1) is 0 Å². The van der Waals surface area contributed by atoms with Crippen LogP contribution in [0.2, 0.25) is 5.02 Å². The Balaban J connectivity index is 2.15. The van der Waals surface area contributed by atoms with Gasteiger partial charge in [-0.15, -0.1) is 0 Å². The van der Waals surface area contributed by atoms with Crippen molar-refractivity contribution in [2.24, 2.45) is 0 Å². The zero-order valence-electron chi connectivity index (χ0n) is 10.8. The molecular formula is C14H14ClNO3S. The Bertz CT molecular complexity index is 701. The fourth-order valence-corrected chi connectivity index (χ4v) is 2.94. The average Bonchev–Trinajstić information content (AvgIpc) is 2.45. The molecule has 0 amide bonds. The van der Waals surface area contributed by atoms with Crippen molar-refractivity contribution >= 4 is 21.6 Å². The molecule has 2 aromatic carbocycles. The summed E-state index contributed by atoms with van der Waals surface area (Å²) in [7, 11) is -2.09. The minimum atomic E-state index is -3.58. The first kappa shape index (κ1) is 14.8. The minimum Gasteiger partial charge on any atom is -0.497 e. The van der Waals surface area contributed by atoms with Crippen molar-refractivity contribution < 1.29 is 13.2 Å². The molecule has 0 radical (unpaired) electrons. The van der Waals surface area contributed by atoms with E-state index in [1.54, 1.807) is 36.4 Å². The lowest BCUT2D eigenvalue weighted by atomic mass is 10.2. The van der Waals surface area contributed by atoms with Gasteiger partial charge in [0.05, 0.1) is 12.0 Å². The number of hydrogen-bond acceptors (Lipinski definition) is 3. The van der Waals surface area contributed by atoms with Gasteiger partial charge in [0.25, 0.3) is 0 Å². The van der Waals surface area contributed by atoms with E-state index in [2.05, 4.69) is 4.72 Å². The molecule has 20 heavy (non-hydrogen) atoms. The zero-order chi connectivity index (χ0) is 14.6. The third-order valence-electron chi connectivity index (χ3n) is 2.71. The van der Waals surface area contributed by atoms with Gasteiger partial charge in [0, 0.05) is 17.6 Å². The number of sulfonamides is 1. The maximum atomic E-state index is 12.2. The van der Waals surface area contributed by atoms with Crippen molar-refractivity contribution in [3.05, 3.63) is 59.1 Å². The normalized spacial score (nSPS) is 11.3. The zero-order valence-corrected chi connectivity index (χ0v) is 12.4. The maximum Gasteiger partial charge on any atom is 0.241 e. The van der Waals surface area contributed by atoms with Gasteiger partial charge >= 0.3 is 0 Å². The van der Waals surface area contributed by atoms with Crippen molar-refractivity contribution in [2.75, 3.05) is 7.11 Å². The third kappa shape index (κ3) is 3.72. The van der Waals surface area contributed by atoms with Crippen LogP contribution in [0.4, 0.5) is 0 Å². The van der Waals surface area contributed by atoms with Crippen LogP contribution in [-0.4, -0.2) is 15.5 Å². The van der Waals surface area contributed by atoms with Gasteiger partial charge in [0.15, 0.2) is 0 Å². The van der Waals surface area contributed by atoms with Crippen molar-refractivity contribution in [3.8, 4) is 5.75 Å². The molecule has 0 heterocycles. The molecular weight excluding hydrogens is 298 g/mol. The molecule has 0 aliphatic rings. The van der Waals surface area contributed by atoms with Crippen LogP contribution in [0.1, 0.15) is 5.56 Å². The highest BCUT2D eigenvalue weighted by atomic mass is 35.5. The first-order valence-electron chi connectivity index (χ1n) is 5.89. The third-order valence-corrected chi connectivity index (χ3v) is 4.34. The molecule has 1 N–H and O–H groups in total. The van der Waals surface area contributed by atoms with E-state index in [0.29, 0.717) is 10.8 Å². The van der Waals surface area contributed by atoms with Gasteiger partial charge in [0.2, 0.25) is 10.0 Å². The predicted octanol–water partition coefficient (Wildman–Crippen LogP) is 2.83. The van der Waals surface area contributed by atoms with E-state index >= 15 is 0 Å². The van der Waals surface area contributed by atoms with E-state index in [1.165, 1.54) is 19.2 Å². The van der Waals surface area contributed by atoms with E-state index in [0.717, 1.165) is 5.56 Å². The quantitative estimate of drug-likeness (QED) is 0.924. The first-order valence-corrected chi connectivity index (χ1v) is 7.75. The number of ether oxygens (including phenoxy) is 1. The molecule has 0 aliphatic carbocycles. The average molecular weight is 312 g/mol. The lowest BCUT2D eigenvalue weighted by Gasteiger charge is -2.08. The molecule has 2 aromatic rings. The molecule has 0 fully saturated rings. The minimum absolute atomic E-state index is 0.166. The van der Waals surface area contributed by atoms with Gasteiger partial charge in [0.1, 0.15) is 5.75 Å². The molecule has 0 atom stereocenters. The van der Waals surface area contributed by atoms with Crippen LogP contribution < -0.4 is 9.46 Å². The van der Waals surface area contributed by atoms with Gasteiger partial charge in [-0.2, -0.15) is 0 Å². The Hall–Kier alpha value is -1.56. The number of hydrogen-bond donors (Lipinski definition) is 1. The first-order chi connectivity index (χ1) is 9.51. The summed E-state index contributed by atoms with van der Waals surface area (Å²) in [4.78, 5) is 0.166. The van der Waals surface area contributed by atoms with Gasteiger partial charge in [-0.05, 0) is 29.8 Å². The lowest BCUT2D eigenvalue weighted by molar-refractivity contribution is 0.413. The topological polar surface area (TPSA) is 55.4 Å². The summed E-state index contributed by atoms with van der Waals surface area (Å²) in [5.74, 6) is 0.496. The number of halogens is 1. The monoisotopic (exact) mass is 311 g/mol. The summed E-state index contributed by atoms with van der Waals surface area (Å²) < 4.78 is 31.9. The summed E-state index contributed by atoms with van der Waals surface area (Å²) in [6, 6.07) is 13.3. The van der Waals surface area contributed by atoms with Crippen LogP contribution in [0.25, 0.3) is 0 Å². The van der Waals surface area contributed by atoms with E-state index in [1.807, 2.05) is 0 Å². The number of methoxy groups -OCH3 is 1. The highest BCUT2D eigenvalue weighted by Crippen LogP contribution is 2.17. The Morgan fingerprint density at radius 3 is 2.60 bits per heavy atom. The molecule has 6 heteroatoms. The molecule has 106 valence electrons. The van der Waals surface area contributed by atoms with E-state index in [9.17, 15) is 8.42 Å². The molecule has 0 bridgehead atoms. The number of rotatable bonds is 5. The maximum absolute atomic E-state index is 12.2. The molecule has 4 nitrogen and oxygen atoms in total. The molecule has 2 rings (SSSR count). The van der Waals surface area contributed by atoms with Crippen LogP contribution in [0.3, 0.4) is 0 Å². The largest absolute Gasteiger partial charge is 0.497 e. The predicted molar refractivity (Wildman–Crippen MR) is 78.5 cm³/mol. The number of benzene rings is 2. The molecule has 0 saturated heterocycles. The standard InChI is InChI=1S/C14H14ClNO3S/c1-19-13-6-3-7-14(9-13)20(17,18)16-10-11-4-2-5-12(15)8-11/h2-9,16H,10H2,1H3. The van der Waals surface area contributed by atoms with Crippen molar-refractivity contribution in [1.29, 1.82) is 0 Å². The Labute approximate surface area is 123 Å². The summed E-state index contributed by atoms with van der Waals surface area (Å²) >= 11 is 5.86. The van der Waals surface area contributed by atoms with Crippen LogP contribution in [0.5, 0.6) is 5.75 Å². The van der Waals surface area contributed by atoms with E-state index in [4.69, 9.17) is 16.3 Å². The highest BCUT2D eigenvalue weighted by Gasteiger charge is 2.14. The van der Waals surface area contributed by atoms with Crippen molar-refractivity contribution in [3.63, 3.8) is 0 Å². The molecule has 0 unspecified atom stereocenters. The Morgan fingerprint density at radius 2 is 1.90 bits per heavy atom. The second-order valence-corrected chi connectivity index (χ2v) is 6.34. The second-order valence-electron chi connectivity index (χ2n) is 4.13. The summed E-state index contributed by atoms with van der Waals surface area (Å²) in [5.41, 5.74) is 0.795. The van der Waals surface area contributed by atoms with Gasteiger partial charge < -0.3 is 4.74 Å². The van der Waals surface area contributed by atoms with Gasteiger partial charge in [-0.3, -0.25) is 0 Å². The summed E-state index contributed by atoms with van der Waals surface area (Å²) in [5, 5.41) is 0.572. The summed E-state index contributed by atoms with van der Waals surface area (Å²) in [6.07, 6.45) is 0. The van der Waals surface area contributed by atoms with Gasteiger partial charge in [-0.1, -0.05) is 29.8 Å². The molecule has 0 spiro atoms. The smallest absolute Gasteiger partial charge is 0.241 e. The van der Waals surface area contributed by atoms with Crippen LogP contribution >= 0.6 is 11.6 Å². The van der Waals surface area contributed by atoms with E-state index in [-0.39, 0.29) is 11.4 Å². The molecule has 0 aromatic heterocycles. The van der Waals surface area contributed by atoms with Crippen LogP contribution in [0.15, 0.2) is 53.4 Å². The highest BCUT2D eigenvalue weighted by molar-refractivity contribution is 7.89. The lowest BCUT2D eigenvalue weighted by Crippen LogP contribution is -2.23. The van der Waals surface area contributed by atoms with Crippen LogP contribution in [-0.2, 0) is 16.6 Å². The molecule has 0 aliphatic heterocycles. The Kier molecular flexibility index (Phi) is 4.65. The van der Waals surface area contributed by atoms with Crippen molar-refractivity contribution in [1.82, 2.24) is 4.72 Å². The molecule has 0 saturated carbocycles. The van der Waals surface area contributed by atoms with E-state index < -0.39 is 10.0 Å². The second kappa shape index (κ2) is 6.26. The summed E-state index contributed by atoms with van der Waals surface area (Å²) in [6.45, 7) is 0.181. The SMILES string of the molecule is COc1cccc(S(=O)(=O)NCc2cccc(Cl)c2)c1. The van der Waals surface area contributed by atoms with Crippen molar-refractivity contribution in [2.45, 2.75) is 11.4 Å².